The Kier molecular flexibility index (Phi) is 7.52. The number of rotatable bonds is 8. The molecule has 4 aromatic rings. The lowest BCUT2D eigenvalue weighted by molar-refractivity contribution is -0.137. The third-order valence-corrected chi connectivity index (χ3v) is 6.93. The maximum Gasteiger partial charge on any atom is 0.417 e. The summed E-state index contributed by atoms with van der Waals surface area (Å²) in [5.74, 6) is 0.648. The Hall–Kier alpha value is -4.03. The van der Waals surface area contributed by atoms with Gasteiger partial charge in [0, 0.05) is 61.2 Å². The Balaban J connectivity index is 1.05. The molecule has 1 aliphatic heterocycles. The van der Waals surface area contributed by atoms with Crippen molar-refractivity contribution in [1.29, 1.82) is 5.26 Å². The first kappa shape index (κ1) is 25.6. The standard InChI is InChI=1S/C29H28F3N5O/c30-29(31,32)23-5-11-28(35-20-23)38-25-8-6-24(7-9-25)37-15-13-36(14-16-37)12-2-1-3-22-19-34-27-10-4-21(18-33)17-26(22)27/h4-11,17,19-20,34H,1-3,12-16H2. The van der Waals surface area contributed by atoms with E-state index in [2.05, 4.69) is 32.0 Å². The van der Waals surface area contributed by atoms with E-state index in [1.165, 1.54) is 11.6 Å². The van der Waals surface area contributed by atoms with Crippen molar-refractivity contribution in [1.82, 2.24) is 14.9 Å². The number of aryl methyl sites for hydroxylation is 1. The van der Waals surface area contributed by atoms with Crippen molar-refractivity contribution in [2.75, 3.05) is 37.6 Å². The maximum atomic E-state index is 12.7. The van der Waals surface area contributed by atoms with Gasteiger partial charge in [-0.3, -0.25) is 4.90 Å². The van der Waals surface area contributed by atoms with Crippen LogP contribution < -0.4 is 9.64 Å². The van der Waals surface area contributed by atoms with Gasteiger partial charge in [-0.2, -0.15) is 18.4 Å². The lowest BCUT2D eigenvalue weighted by Gasteiger charge is -2.36. The van der Waals surface area contributed by atoms with Crippen LogP contribution in [0.3, 0.4) is 0 Å². The molecule has 1 fully saturated rings. The van der Waals surface area contributed by atoms with Gasteiger partial charge in [0.15, 0.2) is 0 Å². The van der Waals surface area contributed by atoms with E-state index in [-0.39, 0.29) is 5.88 Å². The average molecular weight is 520 g/mol. The Morgan fingerprint density at radius 3 is 2.45 bits per heavy atom. The summed E-state index contributed by atoms with van der Waals surface area (Å²) >= 11 is 0. The zero-order valence-electron chi connectivity index (χ0n) is 20.8. The van der Waals surface area contributed by atoms with Gasteiger partial charge in [0.2, 0.25) is 5.88 Å². The lowest BCUT2D eigenvalue weighted by atomic mass is 10.1. The third-order valence-electron chi connectivity index (χ3n) is 6.93. The zero-order chi connectivity index (χ0) is 26.5. The fourth-order valence-electron chi connectivity index (χ4n) is 4.79. The summed E-state index contributed by atoms with van der Waals surface area (Å²) in [5.41, 5.74) is 3.32. The molecule has 3 heterocycles. The van der Waals surface area contributed by atoms with E-state index in [1.807, 2.05) is 42.5 Å². The predicted octanol–water partition coefficient (Wildman–Crippen LogP) is 6.39. The number of hydrogen-bond acceptors (Lipinski definition) is 5. The second-order valence-corrected chi connectivity index (χ2v) is 9.45. The minimum Gasteiger partial charge on any atom is -0.439 e. The van der Waals surface area contributed by atoms with Gasteiger partial charge >= 0.3 is 6.18 Å². The lowest BCUT2D eigenvalue weighted by Crippen LogP contribution is -2.46. The highest BCUT2D eigenvalue weighted by Crippen LogP contribution is 2.30. The highest BCUT2D eigenvalue weighted by Gasteiger charge is 2.30. The normalized spacial score (nSPS) is 14.5. The van der Waals surface area contributed by atoms with Crippen LogP contribution in [0.4, 0.5) is 18.9 Å². The second kappa shape index (κ2) is 11.2. The van der Waals surface area contributed by atoms with Crippen LogP contribution in [-0.4, -0.2) is 47.6 Å². The molecule has 0 spiro atoms. The second-order valence-electron chi connectivity index (χ2n) is 9.45. The van der Waals surface area contributed by atoms with E-state index in [9.17, 15) is 13.2 Å². The number of piperazine rings is 1. The van der Waals surface area contributed by atoms with Crippen LogP contribution in [0.2, 0.25) is 0 Å². The van der Waals surface area contributed by atoms with Crippen molar-refractivity contribution in [2.24, 2.45) is 0 Å². The molecule has 1 saturated heterocycles. The van der Waals surface area contributed by atoms with Gasteiger partial charge in [-0.1, -0.05) is 0 Å². The van der Waals surface area contributed by atoms with Crippen molar-refractivity contribution in [3.63, 3.8) is 0 Å². The number of aromatic nitrogens is 2. The van der Waals surface area contributed by atoms with Gasteiger partial charge < -0.3 is 14.6 Å². The van der Waals surface area contributed by atoms with E-state index in [1.54, 1.807) is 0 Å². The Bertz CT molecular complexity index is 1400. The summed E-state index contributed by atoms with van der Waals surface area (Å²) in [6, 6.07) is 17.7. The van der Waals surface area contributed by atoms with E-state index >= 15 is 0 Å². The Labute approximate surface area is 219 Å². The summed E-state index contributed by atoms with van der Waals surface area (Å²) in [4.78, 5) is 11.9. The number of anilines is 1. The van der Waals surface area contributed by atoms with Gasteiger partial charge in [-0.15, -0.1) is 0 Å². The predicted molar refractivity (Wildman–Crippen MR) is 140 cm³/mol. The summed E-state index contributed by atoms with van der Waals surface area (Å²) in [6.07, 6.45) is 1.62. The van der Waals surface area contributed by atoms with Crippen molar-refractivity contribution in [3.05, 3.63) is 83.7 Å². The van der Waals surface area contributed by atoms with Crippen molar-refractivity contribution in [3.8, 4) is 17.7 Å². The molecule has 0 saturated carbocycles. The maximum absolute atomic E-state index is 12.7. The quantitative estimate of drug-likeness (QED) is 0.273. The number of halogens is 3. The van der Waals surface area contributed by atoms with Crippen LogP contribution in [0, 0.1) is 11.3 Å². The van der Waals surface area contributed by atoms with Crippen LogP contribution in [0.5, 0.6) is 11.6 Å². The molecule has 0 unspecified atom stereocenters. The molecule has 6 nitrogen and oxygen atoms in total. The van der Waals surface area contributed by atoms with Crippen molar-refractivity contribution >= 4 is 16.6 Å². The molecular weight excluding hydrogens is 491 g/mol. The SMILES string of the molecule is N#Cc1ccc2[nH]cc(CCCCN3CCN(c4ccc(Oc5ccc(C(F)(F)F)cn5)cc4)CC3)c2c1. The minimum atomic E-state index is -4.42. The molecule has 1 N–H and O–H groups in total. The number of unbranched alkanes of at least 4 members (excludes halogenated alkanes) is 1. The fourth-order valence-corrected chi connectivity index (χ4v) is 4.79. The molecule has 0 atom stereocenters. The Morgan fingerprint density at radius 1 is 0.974 bits per heavy atom. The molecule has 0 bridgehead atoms. The van der Waals surface area contributed by atoms with E-state index < -0.39 is 11.7 Å². The number of nitrogens with one attached hydrogen (secondary N) is 1. The van der Waals surface area contributed by atoms with E-state index in [4.69, 9.17) is 10.00 Å². The number of ether oxygens (including phenoxy) is 1. The van der Waals surface area contributed by atoms with Crippen molar-refractivity contribution < 1.29 is 17.9 Å². The van der Waals surface area contributed by atoms with Crippen LogP contribution in [-0.2, 0) is 12.6 Å². The number of H-pyrrole nitrogens is 1. The number of benzene rings is 2. The van der Waals surface area contributed by atoms with Crippen LogP contribution >= 0.6 is 0 Å². The van der Waals surface area contributed by atoms with Crippen LogP contribution in [0.15, 0.2) is 67.0 Å². The van der Waals surface area contributed by atoms with Crippen molar-refractivity contribution in [2.45, 2.75) is 25.4 Å². The van der Waals surface area contributed by atoms with Crippen LogP contribution in [0.25, 0.3) is 10.9 Å². The number of fused-ring (bicyclic) bond motifs is 1. The number of alkyl halides is 3. The molecule has 2 aromatic carbocycles. The van der Waals surface area contributed by atoms with Gasteiger partial charge in [0.25, 0.3) is 0 Å². The summed E-state index contributed by atoms with van der Waals surface area (Å²) < 4.78 is 43.7. The average Bonchev–Trinajstić information content (AvgIpc) is 3.34. The molecule has 38 heavy (non-hydrogen) atoms. The highest BCUT2D eigenvalue weighted by molar-refractivity contribution is 5.84. The number of nitrogens with zero attached hydrogens (tertiary/aromatic N) is 4. The number of nitriles is 1. The molecule has 0 radical (unpaired) electrons. The molecule has 0 aliphatic carbocycles. The fraction of sp³-hybridized carbons (Fsp3) is 0.310. The first-order valence-electron chi connectivity index (χ1n) is 12.7. The van der Waals surface area contributed by atoms with Gasteiger partial charge in [0.1, 0.15) is 5.75 Å². The third kappa shape index (κ3) is 6.09. The molecule has 2 aromatic heterocycles. The first-order chi connectivity index (χ1) is 18.4. The molecule has 5 rings (SSSR count). The molecule has 1 aliphatic rings. The molecule has 0 amide bonds. The van der Waals surface area contributed by atoms with Crippen LogP contribution in [0.1, 0.15) is 29.5 Å². The largest absolute Gasteiger partial charge is 0.439 e. The first-order valence-corrected chi connectivity index (χ1v) is 12.7. The van der Waals surface area contributed by atoms with Gasteiger partial charge in [-0.05, 0) is 79.9 Å². The monoisotopic (exact) mass is 519 g/mol. The summed E-state index contributed by atoms with van der Waals surface area (Å²) in [5, 5.41) is 10.3. The number of aromatic amines is 1. The van der Waals surface area contributed by atoms with E-state index in [0.717, 1.165) is 80.8 Å². The van der Waals surface area contributed by atoms with Gasteiger partial charge in [0.05, 0.1) is 17.2 Å². The highest BCUT2D eigenvalue weighted by atomic mass is 19.4. The van der Waals surface area contributed by atoms with E-state index in [0.29, 0.717) is 11.3 Å². The minimum absolute atomic E-state index is 0.121. The zero-order valence-corrected chi connectivity index (χ0v) is 20.8. The summed E-state index contributed by atoms with van der Waals surface area (Å²) in [7, 11) is 0. The molecule has 196 valence electrons. The van der Waals surface area contributed by atoms with Gasteiger partial charge in [-0.25, -0.2) is 4.98 Å². The smallest absolute Gasteiger partial charge is 0.417 e. The number of hydrogen-bond donors (Lipinski definition) is 1. The molecule has 9 heteroatoms. The molecular formula is C29H28F3N5O. The topological polar surface area (TPSA) is 68.2 Å². The Morgan fingerprint density at radius 2 is 1.76 bits per heavy atom. The summed E-state index contributed by atoms with van der Waals surface area (Å²) in [6.45, 7) is 4.91. The number of pyridine rings is 1.